The van der Waals surface area contributed by atoms with Gasteiger partial charge in [-0.3, -0.25) is 0 Å². The van der Waals surface area contributed by atoms with Crippen molar-refractivity contribution in [2.75, 3.05) is 4.90 Å². The number of benzene rings is 10. The standard InChI is InChI=1S/C61H41NO2/c1-61(2)55-21-10-8-17-47(55)48-30-28-44(36-56(48)61)62(43-26-23-39(24-27-43)46-19-12-20-51-49-18-9-11-22-57(49)64-60(46)51)45-29-31-50-52-33-40-15-6-7-16-41(40)34-53(52)54-35-42(38-13-4-3-5-14-38)25-32-58(54)63-59(50)37-45/h3-37H,1-2H3. The van der Waals surface area contributed by atoms with E-state index in [4.69, 9.17) is 9.15 Å². The largest absolute Gasteiger partial charge is 0.456 e. The number of hydrogen-bond acceptors (Lipinski definition) is 3. The third kappa shape index (κ3) is 5.60. The number of hydrogen-bond donors (Lipinski definition) is 0. The minimum absolute atomic E-state index is 0.158. The third-order valence-electron chi connectivity index (χ3n) is 13.7. The molecule has 2 aliphatic rings. The molecule has 0 bridgehead atoms. The summed E-state index contributed by atoms with van der Waals surface area (Å²) in [5, 5.41) is 4.65. The Morgan fingerprint density at radius 3 is 1.81 bits per heavy atom. The summed E-state index contributed by atoms with van der Waals surface area (Å²) in [6, 6.07) is 76.6. The maximum Gasteiger partial charge on any atom is 0.143 e. The Kier molecular flexibility index (Phi) is 7.95. The molecule has 0 amide bonds. The first-order chi connectivity index (χ1) is 31.5. The number of ether oxygens (including phenoxy) is 1. The van der Waals surface area contributed by atoms with E-state index < -0.39 is 0 Å². The number of nitrogens with zero attached hydrogens (tertiary/aromatic N) is 1. The fourth-order valence-electron chi connectivity index (χ4n) is 10.4. The van der Waals surface area contributed by atoms with Crippen molar-refractivity contribution in [1.82, 2.24) is 0 Å². The normalized spacial score (nSPS) is 13.1. The van der Waals surface area contributed by atoms with E-state index in [1.165, 1.54) is 38.6 Å². The average molecular weight is 820 g/mol. The summed E-state index contributed by atoms with van der Waals surface area (Å²) >= 11 is 0. The van der Waals surface area contributed by atoms with Gasteiger partial charge >= 0.3 is 0 Å². The van der Waals surface area contributed by atoms with Crippen molar-refractivity contribution in [3.63, 3.8) is 0 Å². The van der Waals surface area contributed by atoms with Crippen molar-refractivity contribution in [3.8, 4) is 67.1 Å². The molecule has 0 saturated carbocycles. The molecule has 13 rings (SSSR count). The minimum atomic E-state index is -0.158. The highest BCUT2D eigenvalue weighted by Crippen LogP contribution is 2.53. The van der Waals surface area contributed by atoms with E-state index in [0.717, 1.165) is 89.4 Å². The Labute approximate surface area is 372 Å². The van der Waals surface area contributed by atoms with Crippen LogP contribution in [0.25, 0.3) is 88.3 Å². The molecule has 302 valence electrons. The zero-order valence-electron chi connectivity index (χ0n) is 35.5. The predicted octanol–water partition coefficient (Wildman–Crippen LogP) is 17.3. The summed E-state index contributed by atoms with van der Waals surface area (Å²) in [6.07, 6.45) is 0. The number of para-hydroxylation sites is 2. The highest BCUT2D eigenvalue weighted by molar-refractivity contribution is 6.09. The summed E-state index contributed by atoms with van der Waals surface area (Å²) in [5.41, 5.74) is 19.0. The molecule has 1 aliphatic heterocycles. The molecule has 0 saturated heterocycles. The van der Waals surface area contributed by atoms with Crippen LogP contribution in [0, 0.1) is 0 Å². The van der Waals surface area contributed by atoms with Crippen LogP contribution in [0.3, 0.4) is 0 Å². The molecule has 10 aromatic carbocycles. The summed E-state index contributed by atoms with van der Waals surface area (Å²) in [4.78, 5) is 2.38. The Balaban J connectivity index is 0.985. The number of furan rings is 1. The molecular formula is C61H41NO2. The lowest BCUT2D eigenvalue weighted by molar-refractivity contribution is 0.488. The molecule has 3 nitrogen and oxygen atoms in total. The van der Waals surface area contributed by atoms with Crippen LogP contribution in [0.2, 0.25) is 0 Å². The van der Waals surface area contributed by atoms with Gasteiger partial charge in [-0.05, 0) is 128 Å². The van der Waals surface area contributed by atoms with E-state index >= 15 is 0 Å². The lowest BCUT2D eigenvalue weighted by Crippen LogP contribution is -2.16. The molecule has 1 aromatic heterocycles. The molecule has 0 N–H and O–H groups in total. The Bertz CT molecular complexity index is 3670. The smallest absolute Gasteiger partial charge is 0.143 e. The quantitative estimate of drug-likeness (QED) is 0.173. The molecule has 0 radical (unpaired) electrons. The van der Waals surface area contributed by atoms with Gasteiger partial charge in [0.1, 0.15) is 22.7 Å². The van der Waals surface area contributed by atoms with E-state index in [9.17, 15) is 0 Å². The zero-order chi connectivity index (χ0) is 42.5. The van der Waals surface area contributed by atoms with Crippen LogP contribution in [-0.4, -0.2) is 0 Å². The van der Waals surface area contributed by atoms with Crippen LogP contribution in [0.5, 0.6) is 11.5 Å². The van der Waals surface area contributed by atoms with Gasteiger partial charge in [0.05, 0.1) is 0 Å². The minimum Gasteiger partial charge on any atom is -0.456 e. The Morgan fingerprint density at radius 1 is 0.359 bits per heavy atom. The molecule has 2 heterocycles. The van der Waals surface area contributed by atoms with Crippen LogP contribution in [-0.2, 0) is 5.41 Å². The second kappa shape index (κ2) is 13.9. The summed E-state index contributed by atoms with van der Waals surface area (Å²) < 4.78 is 13.6. The summed E-state index contributed by atoms with van der Waals surface area (Å²) in [5.74, 6) is 1.65. The molecule has 0 unspecified atom stereocenters. The van der Waals surface area contributed by atoms with Gasteiger partial charge in [0, 0.05) is 56.0 Å². The second-order valence-corrected chi connectivity index (χ2v) is 17.7. The monoisotopic (exact) mass is 819 g/mol. The third-order valence-corrected chi connectivity index (χ3v) is 13.7. The van der Waals surface area contributed by atoms with Crippen LogP contribution >= 0.6 is 0 Å². The first kappa shape index (κ1) is 36.5. The summed E-state index contributed by atoms with van der Waals surface area (Å²) in [6.45, 7) is 4.69. The molecule has 0 spiro atoms. The van der Waals surface area contributed by atoms with Crippen molar-refractivity contribution < 1.29 is 9.15 Å². The fraction of sp³-hybridized carbons (Fsp3) is 0.0492. The van der Waals surface area contributed by atoms with Gasteiger partial charge in [-0.2, -0.15) is 0 Å². The van der Waals surface area contributed by atoms with Gasteiger partial charge < -0.3 is 14.1 Å². The molecule has 0 fully saturated rings. The van der Waals surface area contributed by atoms with Crippen molar-refractivity contribution >= 4 is 49.8 Å². The lowest BCUT2D eigenvalue weighted by Gasteiger charge is -2.29. The van der Waals surface area contributed by atoms with Crippen LogP contribution in [0.4, 0.5) is 17.1 Å². The van der Waals surface area contributed by atoms with Crippen molar-refractivity contribution in [1.29, 1.82) is 0 Å². The molecular weight excluding hydrogens is 779 g/mol. The van der Waals surface area contributed by atoms with Crippen LogP contribution in [0.15, 0.2) is 217 Å². The van der Waals surface area contributed by atoms with Gasteiger partial charge in [0.15, 0.2) is 0 Å². The molecule has 11 aromatic rings. The highest BCUT2D eigenvalue weighted by Gasteiger charge is 2.36. The van der Waals surface area contributed by atoms with Crippen LogP contribution < -0.4 is 9.64 Å². The fourth-order valence-corrected chi connectivity index (χ4v) is 10.4. The lowest BCUT2D eigenvalue weighted by atomic mass is 9.82. The number of fused-ring (bicyclic) bond motifs is 12. The van der Waals surface area contributed by atoms with Gasteiger partial charge in [-0.15, -0.1) is 0 Å². The molecule has 64 heavy (non-hydrogen) atoms. The van der Waals surface area contributed by atoms with Crippen molar-refractivity contribution in [2.45, 2.75) is 19.3 Å². The van der Waals surface area contributed by atoms with Gasteiger partial charge in [-0.1, -0.05) is 153 Å². The second-order valence-electron chi connectivity index (χ2n) is 17.7. The molecule has 1 aliphatic carbocycles. The maximum atomic E-state index is 7.12. The van der Waals surface area contributed by atoms with Gasteiger partial charge in [0.2, 0.25) is 0 Å². The number of rotatable bonds is 5. The van der Waals surface area contributed by atoms with E-state index in [0.29, 0.717) is 0 Å². The topological polar surface area (TPSA) is 25.6 Å². The highest BCUT2D eigenvalue weighted by atomic mass is 16.5. The number of anilines is 3. The first-order valence-electron chi connectivity index (χ1n) is 22.1. The molecule has 0 atom stereocenters. The van der Waals surface area contributed by atoms with Crippen molar-refractivity contribution in [3.05, 3.63) is 223 Å². The molecule has 3 heteroatoms. The van der Waals surface area contributed by atoms with E-state index in [-0.39, 0.29) is 5.41 Å². The van der Waals surface area contributed by atoms with Crippen LogP contribution in [0.1, 0.15) is 25.0 Å². The Hall–Kier alpha value is -8.14. The SMILES string of the molecule is CC1(C)c2ccccc2-c2ccc(N(c3ccc(-c4cccc5c4oc4ccccc45)cc3)c3ccc4c(c3)Oc3ccc(-c5ccccc5)cc3-c3cc5ccccc5cc3-4)cc21. The van der Waals surface area contributed by atoms with Crippen molar-refractivity contribution in [2.24, 2.45) is 0 Å². The van der Waals surface area contributed by atoms with Gasteiger partial charge in [0.25, 0.3) is 0 Å². The zero-order valence-corrected chi connectivity index (χ0v) is 35.5. The summed E-state index contributed by atoms with van der Waals surface area (Å²) in [7, 11) is 0. The maximum absolute atomic E-state index is 7.12. The first-order valence-corrected chi connectivity index (χ1v) is 22.1. The average Bonchev–Trinajstić information content (AvgIpc) is 3.79. The van der Waals surface area contributed by atoms with E-state index in [1.807, 2.05) is 12.1 Å². The Morgan fingerprint density at radius 2 is 0.984 bits per heavy atom. The van der Waals surface area contributed by atoms with Gasteiger partial charge in [-0.25, -0.2) is 0 Å². The predicted molar refractivity (Wildman–Crippen MR) is 265 cm³/mol. The van der Waals surface area contributed by atoms with E-state index in [1.54, 1.807) is 0 Å². The van der Waals surface area contributed by atoms with E-state index in [2.05, 4.69) is 219 Å².